The first-order chi connectivity index (χ1) is 10.1. The molecule has 2 amide bonds. The van der Waals surface area contributed by atoms with Crippen molar-refractivity contribution < 1.29 is 14.3 Å². The van der Waals surface area contributed by atoms with E-state index in [2.05, 4.69) is 10.6 Å². The SMILES string of the molecule is CC(C)[C@H](N)C(=O)N[C@@H]1CCCC[C@H]1NC(=O)OC(C)(C)C. The first kappa shape index (κ1) is 18.7. The Balaban J connectivity index is 2.60. The third-order valence-electron chi connectivity index (χ3n) is 3.82. The second kappa shape index (κ2) is 7.81. The highest BCUT2D eigenvalue weighted by atomic mass is 16.6. The van der Waals surface area contributed by atoms with E-state index in [1.54, 1.807) is 0 Å². The number of rotatable bonds is 4. The van der Waals surface area contributed by atoms with Crippen LogP contribution >= 0.6 is 0 Å². The van der Waals surface area contributed by atoms with E-state index in [1.807, 2.05) is 34.6 Å². The molecule has 0 radical (unpaired) electrons. The molecule has 1 saturated carbocycles. The molecule has 0 heterocycles. The first-order valence-electron chi connectivity index (χ1n) is 8.15. The zero-order valence-electron chi connectivity index (χ0n) is 14.4. The fourth-order valence-electron chi connectivity index (χ4n) is 2.52. The summed E-state index contributed by atoms with van der Waals surface area (Å²) < 4.78 is 5.29. The van der Waals surface area contributed by atoms with Crippen molar-refractivity contribution in [3.8, 4) is 0 Å². The number of ether oxygens (including phenoxy) is 1. The number of amides is 2. The molecule has 0 bridgehead atoms. The van der Waals surface area contributed by atoms with Gasteiger partial charge in [-0.05, 0) is 39.5 Å². The van der Waals surface area contributed by atoms with Crippen LogP contribution in [0.3, 0.4) is 0 Å². The maximum atomic E-state index is 12.1. The van der Waals surface area contributed by atoms with Crippen LogP contribution in [0.2, 0.25) is 0 Å². The Morgan fingerprint density at radius 3 is 2.05 bits per heavy atom. The van der Waals surface area contributed by atoms with Crippen molar-refractivity contribution in [2.45, 2.75) is 84.0 Å². The van der Waals surface area contributed by atoms with Crippen molar-refractivity contribution in [3.05, 3.63) is 0 Å². The highest BCUT2D eigenvalue weighted by Gasteiger charge is 2.31. The maximum Gasteiger partial charge on any atom is 0.407 e. The van der Waals surface area contributed by atoms with Gasteiger partial charge in [0.15, 0.2) is 0 Å². The summed E-state index contributed by atoms with van der Waals surface area (Å²) in [6.45, 7) is 9.32. The van der Waals surface area contributed by atoms with Crippen LogP contribution in [0.15, 0.2) is 0 Å². The van der Waals surface area contributed by atoms with Crippen molar-refractivity contribution in [3.63, 3.8) is 0 Å². The Morgan fingerprint density at radius 2 is 1.59 bits per heavy atom. The zero-order valence-corrected chi connectivity index (χ0v) is 14.4. The maximum absolute atomic E-state index is 12.1. The van der Waals surface area contributed by atoms with Gasteiger partial charge in [0.05, 0.1) is 12.1 Å². The van der Waals surface area contributed by atoms with Gasteiger partial charge >= 0.3 is 6.09 Å². The molecule has 128 valence electrons. The van der Waals surface area contributed by atoms with Gasteiger partial charge in [-0.1, -0.05) is 26.7 Å². The second-order valence-electron chi connectivity index (χ2n) is 7.42. The van der Waals surface area contributed by atoms with Crippen molar-refractivity contribution >= 4 is 12.0 Å². The van der Waals surface area contributed by atoms with Gasteiger partial charge in [0, 0.05) is 6.04 Å². The van der Waals surface area contributed by atoms with E-state index in [9.17, 15) is 9.59 Å². The summed E-state index contributed by atoms with van der Waals surface area (Å²) in [5.74, 6) is -0.0706. The molecule has 0 aromatic heterocycles. The number of carbonyl (C=O) groups excluding carboxylic acids is 2. The molecule has 0 unspecified atom stereocenters. The van der Waals surface area contributed by atoms with Gasteiger partial charge in [0.25, 0.3) is 0 Å². The fourth-order valence-corrected chi connectivity index (χ4v) is 2.52. The third kappa shape index (κ3) is 6.22. The number of carbonyl (C=O) groups is 2. The predicted molar refractivity (Wildman–Crippen MR) is 86.4 cm³/mol. The van der Waals surface area contributed by atoms with Crippen LogP contribution in [0.25, 0.3) is 0 Å². The molecule has 1 aliphatic rings. The first-order valence-corrected chi connectivity index (χ1v) is 8.15. The lowest BCUT2D eigenvalue weighted by atomic mass is 9.90. The summed E-state index contributed by atoms with van der Waals surface area (Å²) in [6, 6.07) is -0.713. The molecule has 1 fully saturated rings. The number of nitrogens with one attached hydrogen (secondary N) is 2. The van der Waals surface area contributed by atoms with Gasteiger partial charge in [-0.25, -0.2) is 4.79 Å². The van der Waals surface area contributed by atoms with Gasteiger partial charge in [-0.15, -0.1) is 0 Å². The number of hydrogen-bond acceptors (Lipinski definition) is 4. The summed E-state index contributed by atoms with van der Waals surface area (Å²) in [7, 11) is 0. The minimum Gasteiger partial charge on any atom is -0.444 e. The van der Waals surface area contributed by atoms with Crippen molar-refractivity contribution in [2.24, 2.45) is 11.7 Å². The Labute approximate surface area is 133 Å². The van der Waals surface area contributed by atoms with E-state index in [0.717, 1.165) is 25.7 Å². The van der Waals surface area contributed by atoms with Crippen LogP contribution in [-0.2, 0) is 9.53 Å². The molecule has 1 aliphatic carbocycles. The highest BCUT2D eigenvalue weighted by molar-refractivity contribution is 5.82. The van der Waals surface area contributed by atoms with Crippen LogP contribution in [0.5, 0.6) is 0 Å². The lowest BCUT2D eigenvalue weighted by Gasteiger charge is -2.34. The van der Waals surface area contributed by atoms with E-state index in [0.29, 0.717) is 0 Å². The molecule has 6 nitrogen and oxygen atoms in total. The van der Waals surface area contributed by atoms with Gasteiger partial charge < -0.3 is 21.1 Å². The van der Waals surface area contributed by atoms with Gasteiger partial charge in [-0.3, -0.25) is 4.79 Å². The lowest BCUT2D eigenvalue weighted by molar-refractivity contribution is -0.124. The van der Waals surface area contributed by atoms with E-state index in [-0.39, 0.29) is 23.9 Å². The minimum atomic E-state index is -0.530. The molecule has 22 heavy (non-hydrogen) atoms. The molecular weight excluding hydrogens is 282 g/mol. The molecule has 4 N–H and O–H groups in total. The van der Waals surface area contributed by atoms with Crippen LogP contribution < -0.4 is 16.4 Å². The summed E-state index contributed by atoms with van der Waals surface area (Å²) in [5.41, 5.74) is 5.35. The van der Waals surface area contributed by atoms with Crippen molar-refractivity contribution in [1.29, 1.82) is 0 Å². The monoisotopic (exact) mass is 313 g/mol. The van der Waals surface area contributed by atoms with E-state index in [1.165, 1.54) is 0 Å². The van der Waals surface area contributed by atoms with Crippen LogP contribution in [0.4, 0.5) is 4.79 Å². The molecule has 6 heteroatoms. The van der Waals surface area contributed by atoms with Crippen molar-refractivity contribution in [1.82, 2.24) is 10.6 Å². The molecule has 0 saturated heterocycles. The van der Waals surface area contributed by atoms with Gasteiger partial charge in [0.2, 0.25) is 5.91 Å². The summed E-state index contributed by atoms with van der Waals surface area (Å²) >= 11 is 0. The fraction of sp³-hybridized carbons (Fsp3) is 0.875. The Kier molecular flexibility index (Phi) is 6.66. The molecule has 0 aromatic carbocycles. The Morgan fingerprint density at radius 1 is 1.09 bits per heavy atom. The van der Waals surface area contributed by atoms with Crippen LogP contribution in [0.1, 0.15) is 60.3 Å². The predicted octanol–water partition coefficient (Wildman–Crippen LogP) is 1.92. The molecule has 0 aromatic rings. The van der Waals surface area contributed by atoms with Crippen LogP contribution in [-0.4, -0.2) is 35.7 Å². The van der Waals surface area contributed by atoms with E-state index in [4.69, 9.17) is 10.5 Å². The zero-order chi connectivity index (χ0) is 16.9. The Hall–Kier alpha value is -1.30. The highest BCUT2D eigenvalue weighted by Crippen LogP contribution is 2.19. The summed E-state index contributed by atoms with van der Waals surface area (Å²) in [5, 5.41) is 5.87. The minimum absolute atomic E-state index is 0.0841. The quantitative estimate of drug-likeness (QED) is 0.739. The third-order valence-corrected chi connectivity index (χ3v) is 3.82. The van der Waals surface area contributed by atoms with Crippen LogP contribution in [0, 0.1) is 5.92 Å². The smallest absolute Gasteiger partial charge is 0.407 e. The topological polar surface area (TPSA) is 93.5 Å². The van der Waals surface area contributed by atoms with E-state index < -0.39 is 17.7 Å². The number of hydrogen-bond donors (Lipinski definition) is 3. The van der Waals surface area contributed by atoms with Crippen molar-refractivity contribution in [2.75, 3.05) is 0 Å². The molecule has 3 atom stereocenters. The summed E-state index contributed by atoms with van der Waals surface area (Å²) in [6.07, 6.45) is 3.31. The summed E-state index contributed by atoms with van der Waals surface area (Å²) in [4.78, 5) is 24.1. The number of nitrogens with two attached hydrogens (primary N) is 1. The van der Waals surface area contributed by atoms with Gasteiger partial charge in [0.1, 0.15) is 5.60 Å². The standard InChI is InChI=1S/C16H31N3O3/c1-10(2)13(17)14(20)18-11-8-6-7-9-12(11)19-15(21)22-16(3,4)5/h10-13H,6-9,17H2,1-5H3,(H,18,20)(H,19,21)/t11-,12-,13+/m1/s1. The largest absolute Gasteiger partial charge is 0.444 e. The number of alkyl carbamates (subject to hydrolysis) is 1. The van der Waals surface area contributed by atoms with E-state index >= 15 is 0 Å². The Bertz CT molecular complexity index is 391. The van der Waals surface area contributed by atoms with Gasteiger partial charge in [-0.2, -0.15) is 0 Å². The average molecular weight is 313 g/mol. The molecule has 0 aliphatic heterocycles. The molecule has 0 spiro atoms. The molecule has 1 rings (SSSR count). The lowest BCUT2D eigenvalue weighted by Crippen LogP contribution is -2.57. The average Bonchev–Trinajstić information content (AvgIpc) is 2.37. The second-order valence-corrected chi connectivity index (χ2v) is 7.42. The normalized spacial score (nSPS) is 23.8. The molecular formula is C16H31N3O3.